The maximum atomic E-state index is 2.51. The van der Waals surface area contributed by atoms with Gasteiger partial charge in [-0.1, -0.05) is 12.8 Å². The van der Waals surface area contributed by atoms with Crippen molar-refractivity contribution in [3.63, 3.8) is 0 Å². The molecule has 0 unspecified atom stereocenters. The van der Waals surface area contributed by atoms with E-state index < -0.39 is 0 Å². The van der Waals surface area contributed by atoms with Gasteiger partial charge in [-0.3, -0.25) is 0 Å². The second kappa shape index (κ2) is 2.30. The zero-order valence-electron chi connectivity index (χ0n) is 10.3. The SMILES string of the molecule is C[N+]1(C)C2CC34CCCCC3(C2)CC1C4. The molecule has 5 rings (SSSR count). The predicted octanol–water partition coefficient (Wildman–Crippen LogP) is 2.95. The maximum absolute atomic E-state index is 2.51. The summed E-state index contributed by atoms with van der Waals surface area (Å²) in [6.07, 6.45) is 12.6. The average Bonchev–Trinajstić information content (AvgIpc) is 2.61. The summed E-state index contributed by atoms with van der Waals surface area (Å²) in [7, 11) is 5.01. The molecule has 5 fully saturated rings. The van der Waals surface area contributed by atoms with Crippen molar-refractivity contribution in [1.82, 2.24) is 0 Å². The van der Waals surface area contributed by atoms with E-state index in [0.717, 1.165) is 22.9 Å². The van der Waals surface area contributed by atoms with E-state index in [1.54, 1.807) is 38.5 Å². The molecule has 2 spiro atoms. The molecule has 2 saturated heterocycles. The molecular formula is C14H24N+. The van der Waals surface area contributed by atoms with E-state index in [2.05, 4.69) is 14.1 Å². The van der Waals surface area contributed by atoms with Crippen molar-refractivity contribution < 1.29 is 4.48 Å². The zero-order chi connectivity index (χ0) is 10.3. The van der Waals surface area contributed by atoms with Crippen LogP contribution in [0.5, 0.6) is 0 Å². The quantitative estimate of drug-likeness (QED) is 0.535. The van der Waals surface area contributed by atoms with E-state index in [9.17, 15) is 0 Å². The Balaban J connectivity index is 1.83. The lowest BCUT2D eigenvalue weighted by molar-refractivity contribution is -0.946. The number of nitrogens with zero attached hydrogens (tertiary/aromatic N) is 1. The van der Waals surface area contributed by atoms with E-state index in [1.165, 1.54) is 17.3 Å². The van der Waals surface area contributed by atoms with Crippen LogP contribution in [0, 0.1) is 10.8 Å². The Kier molecular flexibility index (Phi) is 1.38. The molecule has 2 heterocycles. The molecule has 0 amide bonds. The molecule has 0 atom stereocenters. The Morgan fingerprint density at radius 2 is 1.20 bits per heavy atom. The zero-order valence-corrected chi connectivity index (χ0v) is 10.3. The summed E-state index contributed by atoms with van der Waals surface area (Å²) in [5.74, 6) is 0. The molecule has 5 aliphatic rings. The Morgan fingerprint density at radius 1 is 0.800 bits per heavy atom. The largest absolute Gasteiger partial charge is 0.324 e. The summed E-state index contributed by atoms with van der Waals surface area (Å²) in [6, 6.07) is 2.05. The summed E-state index contributed by atoms with van der Waals surface area (Å²) in [5.41, 5.74) is 1.68. The van der Waals surface area contributed by atoms with E-state index in [0.29, 0.717) is 0 Å². The van der Waals surface area contributed by atoms with Gasteiger partial charge in [0.05, 0.1) is 26.2 Å². The molecule has 15 heavy (non-hydrogen) atoms. The van der Waals surface area contributed by atoms with Gasteiger partial charge in [-0.2, -0.15) is 0 Å². The Hall–Kier alpha value is -0.0400. The van der Waals surface area contributed by atoms with Gasteiger partial charge in [0.2, 0.25) is 0 Å². The van der Waals surface area contributed by atoms with Crippen molar-refractivity contribution in [3.8, 4) is 0 Å². The van der Waals surface area contributed by atoms with Crippen LogP contribution in [0.2, 0.25) is 0 Å². The second-order valence-electron chi connectivity index (χ2n) is 7.52. The molecule has 3 saturated carbocycles. The van der Waals surface area contributed by atoms with Gasteiger partial charge < -0.3 is 4.48 Å². The number of piperidine rings is 2. The summed E-state index contributed by atoms with van der Waals surface area (Å²) in [4.78, 5) is 0. The second-order valence-corrected chi connectivity index (χ2v) is 7.52. The van der Waals surface area contributed by atoms with Crippen LogP contribution in [0.1, 0.15) is 51.4 Å². The summed E-state index contributed by atoms with van der Waals surface area (Å²) in [5, 5.41) is 0. The van der Waals surface area contributed by atoms with Crippen molar-refractivity contribution in [2.45, 2.75) is 63.5 Å². The third kappa shape index (κ3) is 0.800. The first kappa shape index (κ1) is 9.04. The van der Waals surface area contributed by atoms with Crippen LogP contribution in [0.25, 0.3) is 0 Å². The van der Waals surface area contributed by atoms with Crippen molar-refractivity contribution in [2.75, 3.05) is 14.1 Å². The lowest BCUT2D eigenvalue weighted by Crippen LogP contribution is -2.58. The fraction of sp³-hybridized carbons (Fsp3) is 1.00. The first-order chi connectivity index (χ1) is 7.08. The van der Waals surface area contributed by atoms with E-state index in [-0.39, 0.29) is 0 Å². The third-order valence-electron chi connectivity index (χ3n) is 7.07. The molecule has 84 valence electrons. The molecule has 0 aromatic rings. The topological polar surface area (TPSA) is 0 Å². The summed E-state index contributed by atoms with van der Waals surface area (Å²) < 4.78 is 1.36. The van der Waals surface area contributed by atoms with Crippen molar-refractivity contribution in [2.24, 2.45) is 10.8 Å². The molecule has 0 N–H and O–H groups in total. The number of hydrogen-bond acceptors (Lipinski definition) is 0. The molecule has 4 bridgehead atoms. The van der Waals surface area contributed by atoms with Gasteiger partial charge in [0, 0.05) is 25.7 Å². The number of quaternary nitrogens is 1. The van der Waals surface area contributed by atoms with Gasteiger partial charge in [-0.15, -0.1) is 0 Å². The minimum atomic E-state index is 0.842. The summed E-state index contributed by atoms with van der Waals surface area (Å²) >= 11 is 0. The molecule has 3 aliphatic carbocycles. The van der Waals surface area contributed by atoms with E-state index >= 15 is 0 Å². The fourth-order valence-corrected chi connectivity index (χ4v) is 6.09. The van der Waals surface area contributed by atoms with Gasteiger partial charge in [0.15, 0.2) is 0 Å². The van der Waals surface area contributed by atoms with Gasteiger partial charge in [0.25, 0.3) is 0 Å². The normalized spacial score (nSPS) is 59.6. The van der Waals surface area contributed by atoms with Crippen LogP contribution in [-0.2, 0) is 0 Å². The first-order valence-electron chi connectivity index (χ1n) is 6.92. The highest BCUT2D eigenvalue weighted by Crippen LogP contribution is 2.74. The molecule has 1 nitrogen and oxygen atoms in total. The maximum Gasteiger partial charge on any atom is 0.0899 e. The van der Waals surface area contributed by atoms with Crippen LogP contribution < -0.4 is 0 Å². The van der Waals surface area contributed by atoms with E-state index in [4.69, 9.17) is 0 Å². The first-order valence-corrected chi connectivity index (χ1v) is 6.92. The van der Waals surface area contributed by atoms with Gasteiger partial charge in [0.1, 0.15) is 0 Å². The lowest BCUT2D eigenvalue weighted by Gasteiger charge is -2.47. The monoisotopic (exact) mass is 206 g/mol. The van der Waals surface area contributed by atoms with Crippen LogP contribution >= 0.6 is 0 Å². The third-order valence-corrected chi connectivity index (χ3v) is 7.07. The number of rotatable bonds is 0. The molecule has 0 aromatic heterocycles. The minimum Gasteiger partial charge on any atom is -0.324 e. The van der Waals surface area contributed by atoms with Gasteiger partial charge in [-0.05, 0) is 23.7 Å². The highest BCUT2D eigenvalue weighted by Gasteiger charge is 2.73. The molecule has 0 aromatic carbocycles. The fourth-order valence-electron chi connectivity index (χ4n) is 6.09. The van der Waals surface area contributed by atoms with Crippen LogP contribution in [-0.4, -0.2) is 30.7 Å². The molecule has 1 heteroatoms. The van der Waals surface area contributed by atoms with Crippen LogP contribution in [0.4, 0.5) is 0 Å². The van der Waals surface area contributed by atoms with Crippen molar-refractivity contribution in [3.05, 3.63) is 0 Å². The van der Waals surface area contributed by atoms with E-state index in [1.807, 2.05) is 0 Å². The van der Waals surface area contributed by atoms with Crippen LogP contribution in [0.3, 0.4) is 0 Å². The van der Waals surface area contributed by atoms with Gasteiger partial charge in [-0.25, -0.2) is 0 Å². The van der Waals surface area contributed by atoms with Crippen molar-refractivity contribution >= 4 is 0 Å². The van der Waals surface area contributed by atoms with Crippen molar-refractivity contribution in [1.29, 1.82) is 0 Å². The van der Waals surface area contributed by atoms with Gasteiger partial charge >= 0.3 is 0 Å². The smallest absolute Gasteiger partial charge is 0.0899 e. The Labute approximate surface area is 93.4 Å². The predicted molar refractivity (Wildman–Crippen MR) is 61.5 cm³/mol. The highest BCUT2D eigenvalue weighted by atomic mass is 15.4. The molecule has 2 aliphatic heterocycles. The Morgan fingerprint density at radius 3 is 1.60 bits per heavy atom. The highest BCUT2D eigenvalue weighted by molar-refractivity contribution is 5.16. The lowest BCUT2D eigenvalue weighted by atomic mass is 9.60. The average molecular weight is 206 g/mol. The standard InChI is InChI=1S/C14H24N/c1-15(2)11-7-13-5-3-4-6-14(13,9-11)10-12(15)8-13/h11-12H,3-10H2,1-2H3/q+1. The Bertz CT molecular complexity index is 275. The minimum absolute atomic E-state index is 0.842. The number of hydrogen-bond donors (Lipinski definition) is 0. The molecular weight excluding hydrogens is 182 g/mol. The summed E-state index contributed by atoms with van der Waals surface area (Å²) in [6.45, 7) is 0. The molecule has 0 radical (unpaired) electrons. The van der Waals surface area contributed by atoms with Crippen LogP contribution in [0.15, 0.2) is 0 Å².